The molecule has 0 spiro atoms. The van der Waals surface area contributed by atoms with Crippen LogP contribution in [0, 0.1) is 11.3 Å². The molecule has 0 fully saturated rings. The van der Waals surface area contributed by atoms with E-state index >= 15 is 0 Å². The Kier molecular flexibility index (Phi) is 3.14. The molecule has 80 valence electrons. The second-order valence-corrected chi connectivity index (χ2v) is 3.59. The van der Waals surface area contributed by atoms with Gasteiger partial charge >= 0.3 is 0 Å². The van der Waals surface area contributed by atoms with Crippen LogP contribution < -0.4 is 11.3 Å². The van der Waals surface area contributed by atoms with E-state index in [4.69, 9.17) is 16.2 Å². The number of hydrogen-bond donors (Lipinski definition) is 4. The molecule has 0 aliphatic carbocycles. The van der Waals surface area contributed by atoms with Crippen molar-refractivity contribution in [2.24, 2.45) is 5.84 Å². The molecule has 5 nitrogen and oxygen atoms in total. The molecular formula is C10H13N3O2. The van der Waals surface area contributed by atoms with Gasteiger partial charge in [0, 0.05) is 6.42 Å². The standard InChI is InChI=1S/C10H13N3O2/c1-10(6-11,13-12)5-7-2-3-8(14)9(15)4-7/h2-4,13-15H,5,12H2,1H3. The fourth-order valence-corrected chi connectivity index (χ4v) is 1.21. The van der Waals surface area contributed by atoms with Crippen LogP contribution in [-0.4, -0.2) is 15.8 Å². The van der Waals surface area contributed by atoms with Gasteiger partial charge in [-0.3, -0.25) is 5.84 Å². The van der Waals surface area contributed by atoms with Crippen LogP contribution in [0.5, 0.6) is 11.5 Å². The van der Waals surface area contributed by atoms with E-state index in [9.17, 15) is 5.11 Å². The third-order valence-corrected chi connectivity index (χ3v) is 2.16. The van der Waals surface area contributed by atoms with Gasteiger partial charge in [0.2, 0.25) is 0 Å². The van der Waals surface area contributed by atoms with Crippen molar-refractivity contribution in [3.63, 3.8) is 0 Å². The third-order valence-electron chi connectivity index (χ3n) is 2.16. The maximum absolute atomic E-state index is 9.26. The van der Waals surface area contributed by atoms with Crippen molar-refractivity contribution in [1.29, 1.82) is 5.26 Å². The second-order valence-electron chi connectivity index (χ2n) is 3.59. The first-order valence-electron chi connectivity index (χ1n) is 4.40. The summed E-state index contributed by atoms with van der Waals surface area (Å²) in [5, 5.41) is 27.2. The highest BCUT2D eigenvalue weighted by Gasteiger charge is 2.22. The molecule has 5 heteroatoms. The summed E-state index contributed by atoms with van der Waals surface area (Å²) in [4.78, 5) is 0. The maximum atomic E-state index is 9.26. The number of phenolic OH excluding ortho intramolecular Hbond substituents is 2. The Balaban J connectivity index is 2.91. The van der Waals surface area contributed by atoms with Gasteiger partial charge in [0.25, 0.3) is 0 Å². The second kappa shape index (κ2) is 4.17. The van der Waals surface area contributed by atoms with E-state index in [2.05, 4.69) is 5.43 Å². The zero-order chi connectivity index (χ0) is 11.5. The van der Waals surface area contributed by atoms with E-state index in [0.717, 1.165) is 0 Å². The molecule has 5 N–H and O–H groups in total. The highest BCUT2D eigenvalue weighted by molar-refractivity contribution is 5.41. The molecule has 0 aromatic heterocycles. The largest absolute Gasteiger partial charge is 0.504 e. The first kappa shape index (κ1) is 11.3. The van der Waals surface area contributed by atoms with Gasteiger partial charge in [-0.1, -0.05) is 6.07 Å². The molecule has 0 aliphatic rings. The summed E-state index contributed by atoms with van der Waals surface area (Å²) >= 11 is 0. The van der Waals surface area contributed by atoms with E-state index in [1.165, 1.54) is 12.1 Å². The minimum atomic E-state index is -0.886. The lowest BCUT2D eigenvalue weighted by atomic mass is 9.95. The molecule has 1 rings (SSSR count). The molecule has 0 saturated carbocycles. The number of nitrogens with zero attached hydrogens (tertiary/aromatic N) is 1. The summed E-state index contributed by atoms with van der Waals surface area (Å²) in [6.45, 7) is 1.65. The quantitative estimate of drug-likeness (QED) is 0.326. The molecule has 0 radical (unpaired) electrons. The van der Waals surface area contributed by atoms with Crippen molar-refractivity contribution in [2.75, 3.05) is 0 Å². The van der Waals surface area contributed by atoms with E-state index in [1.54, 1.807) is 13.0 Å². The Hall–Kier alpha value is -1.77. The van der Waals surface area contributed by atoms with Gasteiger partial charge in [0.05, 0.1) is 6.07 Å². The summed E-state index contributed by atoms with van der Waals surface area (Å²) in [7, 11) is 0. The van der Waals surface area contributed by atoms with Crippen LogP contribution >= 0.6 is 0 Å². The first-order chi connectivity index (χ1) is 7.00. The van der Waals surface area contributed by atoms with Crippen molar-refractivity contribution in [1.82, 2.24) is 5.43 Å². The highest BCUT2D eigenvalue weighted by atomic mass is 16.3. The summed E-state index contributed by atoms with van der Waals surface area (Å²) in [6, 6.07) is 6.44. The van der Waals surface area contributed by atoms with Crippen LogP contribution in [0.1, 0.15) is 12.5 Å². The molecule has 1 unspecified atom stereocenters. The lowest BCUT2D eigenvalue weighted by Crippen LogP contribution is -2.47. The number of hydrazine groups is 1. The van der Waals surface area contributed by atoms with Gasteiger partial charge in [-0.05, 0) is 24.6 Å². The summed E-state index contributed by atoms with van der Waals surface area (Å²) in [6.07, 6.45) is 0.341. The fraction of sp³-hybridized carbons (Fsp3) is 0.300. The molecule has 1 aromatic rings. The average molecular weight is 207 g/mol. The molecule has 0 aliphatic heterocycles. The zero-order valence-electron chi connectivity index (χ0n) is 8.36. The van der Waals surface area contributed by atoms with Gasteiger partial charge < -0.3 is 10.2 Å². The minimum absolute atomic E-state index is 0.182. The molecular weight excluding hydrogens is 194 g/mol. The van der Waals surface area contributed by atoms with Crippen molar-refractivity contribution >= 4 is 0 Å². The predicted molar refractivity (Wildman–Crippen MR) is 54.8 cm³/mol. The molecule has 0 heterocycles. The van der Waals surface area contributed by atoms with E-state index in [1.807, 2.05) is 6.07 Å². The number of nitriles is 1. The van der Waals surface area contributed by atoms with Gasteiger partial charge in [0.1, 0.15) is 5.54 Å². The van der Waals surface area contributed by atoms with Crippen LogP contribution in [0.3, 0.4) is 0 Å². The molecule has 15 heavy (non-hydrogen) atoms. The van der Waals surface area contributed by atoms with Gasteiger partial charge in [0.15, 0.2) is 11.5 Å². The fourth-order valence-electron chi connectivity index (χ4n) is 1.21. The van der Waals surface area contributed by atoms with Crippen LogP contribution in [0.25, 0.3) is 0 Å². The highest BCUT2D eigenvalue weighted by Crippen LogP contribution is 2.26. The monoisotopic (exact) mass is 207 g/mol. The van der Waals surface area contributed by atoms with E-state index in [-0.39, 0.29) is 11.5 Å². The zero-order valence-corrected chi connectivity index (χ0v) is 8.36. The Labute approximate surface area is 87.7 Å². The van der Waals surface area contributed by atoms with E-state index in [0.29, 0.717) is 12.0 Å². The molecule has 1 aromatic carbocycles. The lowest BCUT2D eigenvalue weighted by molar-refractivity contribution is 0.401. The smallest absolute Gasteiger partial charge is 0.157 e. The molecule has 0 saturated heterocycles. The number of nitrogens with two attached hydrogens (primary N) is 1. The summed E-state index contributed by atoms with van der Waals surface area (Å²) < 4.78 is 0. The maximum Gasteiger partial charge on any atom is 0.157 e. The SMILES string of the molecule is CC(C#N)(Cc1ccc(O)c(O)c1)NN. The minimum Gasteiger partial charge on any atom is -0.504 e. The number of aromatic hydroxyl groups is 2. The number of rotatable bonds is 3. The molecule has 0 bridgehead atoms. The Bertz CT molecular complexity index is 400. The number of hydrogen-bond acceptors (Lipinski definition) is 5. The average Bonchev–Trinajstić information content (AvgIpc) is 2.23. The number of nitrogens with one attached hydrogen (secondary N) is 1. The lowest BCUT2D eigenvalue weighted by Gasteiger charge is -2.20. The van der Waals surface area contributed by atoms with Crippen molar-refractivity contribution in [3.05, 3.63) is 23.8 Å². The Morgan fingerprint density at radius 2 is 2.13 bits per heavy atom. The molecule has 1 atom stereocenters. The van der Waals surface area contributed by atoms with Crippen molar-refractivity contribution in [2.45, 2.75) is 18.9 Å². The topological polar surface area (TPSA) is 102 Å². The summed E-state index contributed by atoms with van der Waals surface area (Å²) in [5.74, 6) is 4.86. The van der Waals surface area contributed by atoms with Crippen molar-refractivity contribution < 1.29 is 10.2 Å². The van der Waals surface area contributed by atoms with Crippen LogP contribution in [0.4, 0.5) is 0 Å². The van der Waals surface area contributed by atoms with Crippen molar-refractivity contribution in [3.8, 4) is 17.6 Å². The predicted octanol–water partition coefficient (Wildman–Crippen LogP) is 0.386. The Morgan fingerprint density at radius 3 is 2.60 bits per heavy atom. The molecule has 0 amide bonds. The third kappa shape index (κ3) is 2.59. The van der Waals surface area contributed by atoms with Crippen LogP contribution in [-0.2, 0) is 6.42 Å². The Morgan fingerprint density at radius 1 is 1.47 bits per heavy atom. The van der Waals surface area contributed by atoms with E-state index < -0.39 is 5.54 Å². The number of benzene rings is 1. The summed E-state index contributed by atoms with van der Waals surface area (Å²) in [5.41, 5.74) is 2.24. The normalized spacial score (nSPS) is 14.2. The first-order valence-corrected chi connectivity index (χ1v) is 4.40. The van der Waals surface area contributed by atoms with Gasteiger partial charge in [-0.15, -0.1) is 0 Å². The number of phenols is 2. The van der Waals surface area contributed by atoms with Crippen LogP contribution in [0.2, 0.25) is 0 Å². The van der Waals surface area contributed by atoms with Gasteiger partial charge in [-0.25, -0.2) is 5.43 Å². The van der Waals surface area contributed by atoms with Gasteiger partial charge in [-0.2, -0.15) is 5.26 Å². The van der Waals surface area contributed by atoms with Crippen LogP contribution in [0.15, 0.2) is 18.2 Å².